The quantitative estimate of drug-likeness (QED) is 0.644. The number of carboxylic acids is 1. The van der Waals surface area contributed by atoms with Gasteiger partial charge in [0.25, 0.3) is 0 Å². The zero-order valence-electron chi connectivity index (χ0n) is 10.4. The molecule has 0 spiro atoms. The zero-order chi connectivity index (χ0) is 12.9. The minimum Gasteiger partial charge on any atom is -0.480 e. The first kappa shape index (κ1) is 14.9. The van der Waals surface area contributed by atoms with Gasteiger partial charge in [-0.2, -0.15) is 0 Å². The number of nitrogens with one attached hydrogen (secondary N) is 1. The van der Waals surface area contributed by atoms with Crippen molar-refractivity contribution in [1.29, 1.82) is 0 Å². The first-order chi connectivity index (χ1) is 7.18. The highest BCUT2D eigenvalue weighted by Crippen LogP contribution is 2.19. The standard InChI is InChI=1S/C11H22N2O3/c1-7(6-12)5-8(14)13-9(10(15)16)11(2,3)4/h7,9H,5-6,12H2,1-4H3,(H,13,14)(H,15,16)/t7?,9-/m0/s1. The number of carboxylic acid groups (broad SMARTS) is 1. The predicted octanol–water partition coefficient (Wildman–Crippen LogP) is 0.587. The van der Waals surface area contributed by atoms with Crippen LogP contribution in [0.15, 0.2) is 0 Å². The van der Waals surface area contributed by atoms with Crippen molar-refractivity contribution < 1.29 is 14.7 Å². The summed E-state index contributed by atoms with van der Waals surface area (Å²) in [7, 11) is 0. The van der Waals surface area contributed by atoms with Crippen LogP contribution in [0.3, 0.4) is 0 Å². The molecule has 0 rings (SSSR count). The summed E-state index contributed by atoms with van der Waals surface area (Å²) in [5.41, 5.74) is 4.89. The lowest BCUT2D eigenvalue weighted by atomic mass is 9.86. The molecular formula is C11H22N2O3. The van der Waals surface area contributed by atoms with Crippen molar-refractivity contribution in [1.82, 2.24) is 5.32 Å². The van der Waals surface area contributed by atoms with Crippen molar-refractivity contribution in [3.8, 4) is 0 Å². The minimum absolute atomic E-state index is 0.0643. The van der Waals surface area contributed by atoms with Gasteiger partial charge in [-0.3, -0.25) is 4.79 Å². The van der Waals surface area contributed by atoms with Crippen LogP contribution in [-0.2, 0) is 9.59 Å². The number of nitrogens with two attached hydrogens (primary N) is 1. The number of aliphatic carboxylic acids is 1. The molecule has 5 nitrogen and oxygen atoms in total. The Morgan fingerprint density at radius 2 is 1.88 bits per heavy atom. The van der Waals surface area contributed by atoms with Crippen molar-refractivity contribution in [2.75, 3.05) is 6.54 Å². The maximum absolute atomic E-state index is 11.5. The molecular weight excluding hydrogens is 208 g/mol. The van der Waals surface area contributed by atoms with Crippen molar-refractivity contribution in [3.63, 3.8) is 0 Å². The van der Waals surface area contributed by atoms with Crippen LogP contribution in [0.5, 0.6) is 0 Å². The van der Waals surface area contributed by atoms with Crippen LogP contribution < -0.4 is 11.1 Å². The molecule has 1 unspecified atom stereocenters. The van der Waals surface area contributed by atoms with Gasteiger partial charge in [0, 0.05) is 6.42 Å². The van der Waals surface area contributed by atoms with E-state index in [-0.39, 0.29) is 18.2 Å². The summed E-state index contributed by atoms with van der Waals surface area (Å²) in [5, 5.41) is 11.5. The largest absolute Gasteiger partial charge is 0.480 e. The minimum atomic E-state index is -1.01. The summed E-state index contributed by atoms with van der Waals surface area (Å²) in [6.07, 6.45) is 0.260. The van der Waals surface area contributed by atoms with E-state index in [4.69, 9.17) is 10.8 Å². The predicted molar refractivity (Wildman–Crippen MR) is 61.9 cm³/mol. The average molecular weight is 230 g/mol. The van der Waals surface area contributed by atoms with E-state index in [1.165, 1.54) is 0 Å². The molecule has 0 aliphatic carbocycles. The molecule has 0 aromatic carbocycles. The number of carbonyl (C=O) groups excluding carboxylic acids is 1. The Kier molecular flexibility index (Phi) is 5.44. The highest BCUT2D eigenvalue weighted by Gasteiger charge is 2.32. The molecule has 2 atom stereocenters. The summed E-state index contributed by atoms with van der Waals surface area (Å²) >= 11 is 0. The molecule has 4 N–H and O–H groups in total. The molecule has 0 heterocycles. The average Bonchev–Trinajstić information content (AvgIpc) is 2.11. The van der Waals surface area contributed by atoms with Gasteiger partial charge in [0.15, 0.2) is 0 Å². The maximum atomic E-state index is 11.5. The summed E-state index contributed by atoms with van der Waals surface area (Å²) in [4.78, 5) is 22.5. The number of rotatable bonds is 5. The van der Waals surface area contributed by atoms with Gasteiger partial charge in [0.1, 0.15) is 6.04 Å². The van der Waals surface area contributed by atoms with Gasteiger partial charge in [-0.25, -0.2) is 4.79 Å². The van der Waals surface area contributed by atoms with E-state index < -0.39 is 17.4 Å². The van der Waals surface area contributed by atoms with Crippen molar-refractivity contribution >= 4 is 11.9 Å². The molecule has 0 saturated heterocycles. The van der Waals surface area contributed by atoms with E-state index in [2.05, 4.69) is 5.32 Å². The molecule has 0 aliphatic heterocycles. The van der Waals surface area contributed by atoms with Gasteiger partial charge in [-0.05, 0) is 17.9 Å². The molecule has 0 saturated carbocycles. The fourth-order valence-corrected chi connectivity index (χ4v) is 1.27. The summed E-state index contributed by atoms with van der Waals surface area (Å²) in [6.45, 7) is 7.60. The molecule has 5 heteroatoms. The van der Waals surface area contributed by atoms with E-state index in [0.717, 1.165) is 0 Å². The second kappa shape index (κ2) is 5.84. The Labute approximate surface area is 96.4 Å². The Morgan fingerprint density at radius 1 is 1.38 bits per heavy atom. The molecule has 0 bridgehead atoms. The third-order valence-electron chi connectivity index (χ3n) is 2.35. The van der Waals surface area contributed by atoms with Crippen LogP contribution in [-0.4, -0.2) is 29.6 Å². The van der Waals surface area contributed by atoms with E-state index in [1.807, 2.05) is 6.92 Å². The van der Waals surface area contributed by atoms with E-state index in [0.29, 0.717) is 6.54 Å². The number of carbonyl (C=O) groups is 2. The van der Waals surface area contributed by atoms with Crippen LogP contribution in [0, 0.1) is 11.3 Å². The fourth-order valence-electron chi connectivity index (χ4n) is 1.27. The SMILES string of the molecule is CC(CN)CC(=O)N[C@@H](C(=O)O)C(C)(C)C. The van der Waals surface area contributed by atoms with Crippen LogP contribution in [0.4, 0.5) is 0 Å². The Balaban J connectivity index is 4.43. The number of hydrogen-bond donors (Lipinski definition) is 3. The van der Waals surface area contributed by atoms with E-state index >= 15 is 0 Å². The van der Waals surface area contributed by atoms with Gasteiger partial charge >= 0.3 is 5.97 Å². The van der Waals surface area contributed by atoms with Gasteiger partial charge in [0.2, 0.25) is 5.91 Å². The lowest BCUT2D eigenvalue weighted by molar-refractivity contribution is -0.145. The molecule has 0 aromatic rings. The summed E-state index contributed by atoms with van der Waals surface area (Å²) in [6, 6.07) is -0.870. The van der Waals surface area contributed by atoms with Gasteiger partial charge < -0.3 is 16.2 Å². The number of hydrogen-bond acceptors (Lipinski definition) is 3. The van der Waals surface area contributed by atoms with E-state index in [1.54, 1.807) is 20.8 Å². The van der Waals surface area contributed by atoms with Crippen LogP contribution in [0.1, 0.15) is 34.1 Å². The zero-order valence-corrected chi connectivity index (χ0v) is 10.4. The molecule has 1 amide bonds. The first-order valence-corrected chi connectivity index (χ1v) is 5.40. The molecule has 0 fully saturated rings. The maximum Gasteiger partial charge on any atom is 0.326 e. The van der Waals surface area contributed by atoms with Crippen LogP contribution >= 0.6 is 0 Å². The lowest BCUT2D eigenvalue weighted by Crippen LogP contribution is -2.49. The van der Waals surface area contributed by atoms with Gasteiger partial charge in [-0.15, -0.1) is 0 Å². The number of amides is 1. The fraction of sp³-hybridized carbons (Fsp3) is 0.818. The molecule has 0 aromatic heterocycles. The van der Waals surface area contributed by atoms with Gasteiger partial charge in [0.05, 0.1) is 0 Å². The second-order valence-corrected chi connectivity index (χ2v) is 5.25. The molecule has 16 heavy (non-hydrogen) atoms. The topological polar surface area (TPSA) is 92.4 Å². The molecule has 94 valence electrons. The lowest BCUT2D eigenvalue weighted by Gasteiger charge is -2.28. The highest BCUT2D eigenvalue weighted by molar-refractivity contribution is 5.84. The smallest absolute Gasteiger partial charge is 0.326 e. The van der Waals surface area contributed by atoms with Crippen LogP contribution in [0.2, 0.25) is 0 Å². The monoisotopic (exact) mass is 230 g/mol. The Bertz CT molecular complexity index is 258. The van der Waals surface area contributed by atoms with Crippen molar-refractivity contribution in [2.24, 2.45) is 17.1 Å². The molecule has 0 radical (unpaired) electrons. The highest BCUT2D eigenvalue weighted by atomic mass is 16.4. The Morgan fingerprint density at radius 3 is 2.19 bits per heavy atom. The Hall–Kier alpha value is -1.10. The third kappa shape index (κ3) is 5.11. The van der Waals surface area contributed by atoms with E-state index in [9.17, 15) is 9.59 Å². The molecule has 0 aliphatic rings. The van der Waals surface area contributed by atoms with Crippen LogP contribution in [0.25, 0.3) is 0 Å². The third-order valence-corrected chi connectivity index (χ3v) is 2.35. The normalized spacial score (nSPS) is 15.3. The second-order valence-electron chi connectivity index (χ2n) is 5.25. The summed E-state index contributed by atoms with van der Waals surface area (Å²) in [5.74, 6) is -1.21. The first-order valence-electron chi connectivity index (χ1n) is 5.40. The van der Waals surface area contributed by atoms with Gasteiger partial charge in [-0.1, -0.05) is 27.7 Å². The summed E-state index contributed by atoms with van der Waals surface area (Å²) < 4.78 is 0. The van der Waals surface area contributed by atoms with Crippen molar-refractivity contribution in [3.05, 3.63) is 0 Å². The van der Waals surface area contributed by atoms with Crippen molar-refractivity contribution in [2.45, 2.75) is 40.2 Å².